The Hall–Kier alpha value is -2.80. The van der Waals surface area contributed by atoms with Gasteiger partial charge in [0, 0.05) is 37.2 Å². The van der Waals surface area contributed by atoms with Crippen molar-refractivity contribution in [2.45, 2.75) is 24.9 Å². The number of amides is 1. The maximum absolute atomic E-state index is 12.6. The molecule has 1 fully saturated rings. The summed E-state index contributed by atoms with van der Waals surface area (Å²) in [7, 11) is 0. The number of thioether (sulfide) groups is 1. The van der Waals surface area contributed by atoms with Crippen LogP contribution in [0.2, 0.25) is 0 Å². The normalized spacial score (nSPS) is 13.8. The molecule has 0 atom stereocenters. The van der Waals surface area contributed by atoms with Crippen molar-refractivity contribution in [3.63, 3.8) is 0 Å². The number of para-hydroxylation sites is 1. The van der Waals surface area contributed by atoms with Crippen molar-refractivity contribution in [3.05, 3.63) is 65.7 Å². The number of aromatic nitrogens is 3. The first-order chi connectivity index (χ1) is 13.6. The number of rotatable bonds is 6. The number of nitrogens with one attached hydrogen (secondary N) is 1. The molecule has 3 aromatic rings. The van der Waals surface area contributed by atoms with Crippen LogP contribution in [0.4, 0.5) is 0 Å². The smallest absolute Gasteiger partial charge is 0.270 e. The Labute approximate surface area is 168 Å². The number of benzene rings is 1. The van der Waals surface area contributed by atoms with Crippen molar-refractivity contribution < 1.29 is 9.59 Å². The van der Waals surface area contributed by atoms with Gasteiger partial charge in [0.05, 0.1) is 11.4 Å². The number of hydrogen-bond donors (Lipinski definition) is 1. The lowest BCUT2D eigenvalue weighted by Gasteiger charge is -2.13. The number of Topliss-reactive ketones (excluding diaryl/α,β-unsaturated/α-hetero) is 1. The first-order valence-corrected chi connectivity index (χ1v) is 10.3. The highest BCUT2D eigenvalue weighted by atomic mass is 32.2. The average molecular weight is 395 g/mol. The van der Waals surface area contributed by atoms with Crippen LogP contribution in [0.3, 0.4) is 0 Å². The first kappa shape index (κ1) is 18.6. The number of H-pyrrole nitrogens is 1. The third kappa shape index (κ3) is 3.75. The van der Waals surface area contributed by atoms with E-state index in [4.69, 9.17) is 0 Å². The maximum Gasteiger partial charge on any atom is 0.270 e. The van der Waals surface area contributed by atoms with Crippen LogP contribution >= 0.6 is 11.8 Å². The van der Waals surface area contributed by atoms with Crippen LogP contribution in [0.1, 0.15) is 39.3 Å². The van der Waals surface area contributed by atoms with Gasteiger partial charge in [0.15, 0.2) is 10.9 Å². The van der Waals surface area contributed by atoms with Crippen LogP contribution in [-0.4, -0.2) is 50.0 Å². The molecule has 1 aliphatic heterocycles. The molecule has 1 aromatic carbocycles. The van der Waals surface area contributed by atoms with Crippen molar-refractivity contribution in [3.8, 4) is 5.69 Å². The minimum absolute atomic E-state index is 0.0268. The largest absolute Gasteiger partial charge is 0.356 e. The topological polar surface area (TPSA) is 71.0 Å². The molecule has 3 heterocycles. The van der Waals surface area contributed by atoms with Crippen LogP contribution in [0.5, 0.6) is 0 Å². The van der Waals surface area contributed by atoms with Crippen LogP contribution < -0.4 is 0 Å². The Morgan fingerprint density at radius 2 is 2.00 bits per heavy atom. The summed E-state index contributed by atoms with van der Waals surface area (Å²) in [5.41, 5.74) is 3.21. The van der Waals surface area contributed by atoms with Gasteiger partial charge in [-0.05, 0) is 37.5 Å². The first-order valence-electron chi connectivity index (χ1n) is 9.36. The Balaban J connectivity index is 1.43. The predicted octanol–water partition coefficient (Wildman–Crippen LogP) is 3.72. The van der Waals surface area contributed by atoms with E-state index in [2.05, 4.69) is 9.97 Å². The lowest BCUT2D eigenvalue weighted by molar-refractivity contribution is 0.0787. The maximum atomic E-state index is 12.6. The summed E-state index contributed by atoms with van der Waals surface area (Å²) in [5, 5.41) is 0.770. The molecule has 28 heavy (non-hydrogen) atoms. The zero-order valence-corrected chi connectivity index (χ0v) is 16.5. The minimum atomic E-state index is -0.0284. The van der Waals surface area contributed by atoms with E-state index in [1.807, 2.05) is 46.9 Å². The number of aromatic amines is 1. The lowest BCUT2D eigenvalue weighted by atomic mass is 10.2. The Morgan fingerprint density at radius 1 is 1.21 bits per heavy atom. The highest BCUT2D eigenvalue weighted by Gasteiger charge is 2.22. The van der Waals surface area contributed by atoms with Gasteiger partial charge in [-0.15, -0.1) is 0 Å². The monoisotopic (exact) mass is 394 g/mol. The van der Waals surface area contributed by atoms with Crippen LogP contribution in [0.15, 0.2) is 54.1 Å². The van der Waals surface area contributed by atoms with E-state index in [1.54, 1.807) is 18.5 Å². The van der Waals surface area contributed by atoms with Crippen LogP contribution in [-0.2, 0) is 0 Å². The average Bonchev–Trinajstić information content (AvgIpc) is 3.47. The summed E-state index contributed by atoms with van der Waals surface area (Å²) in [5.74, 6) is 0.207. The SMILES string of the molecule is Cc1ccccc1-n1ccnc1SCC(=O)c1c[nH]c(C(=O)N2CCCC2)c1. The van der Waals surface area contributed by atoms with Crippen LogP contribution in [0, 0.1) is 6.92 Å². The number of hydrogen-bond acceptors (Lipinski definition) is 4. The van der Waals surface area contributed by atoms with Crippen molar-refractivity contribution in [2.24, 2.45) is 0 Å². The van der Waals surface area contributed by atoms with Gasteiger partial charge >= 0.3 is 0 Å². The van der Waals surface area contributed by atoms with Gasteiger partial charge < -0.3 is 9.88 Å². The van der Waals surface area contributed by atoms with E-state index < -0.39 is 0 Å². The van der Waals surface area contributed by atoms with Gasteiger partial charge in [-0.3, -0.25) is 14.2 Å². The molecule has 0 radical (unpaired) electrons. The van der Waals surface area contributed by atoms with E-state index in [0.717, 1.165) is 42.3 Å². The molecular formula is C21H22N4O2S. The number of carbonyl (C=O) groups excluding carboxylic acids is 2. The van der Waals surface area contributed by atoms with Crippen molar-refractivity contribution in [1.82, 2.24) is 19.4 Å². The summed E-state index contributed by atoms with van der Waals surface area (Å²) in [6.07, 6.45) is 7.35. The highest BCUT2D eigenvalue weighted by Crippen LogP contribution is 2.23. The quantitative estimate of drug-likeness (QED) is 0.511. The molecule has 0 aliphatic carbocycles. The molecule has 1 N–H and O–H groups in total. The fourth-order valence-electron chi connectivity index (χ4n) is 3.40. The van der Waals surface area contributed by atoms with Crippen molar-refractivity contribution >= 4 is 23.5 Å². The van der Waals surface area contributed by atoms with Crippen molar-refractivity contribution in [2.75, 3.05) is 18.8 Å². The van der Waals surface area contributed by atoms with Gasteiger partial charge in [-0.2, -0.15) is 0 Å². The molecule has 0 bridgehead atoms. The van der Waals surface area contributed by atoms with E-state index in [9.17, 15) is 9.59 Å². The summed E-state index contributed by atoms with van der Waals surface area (Å²) < 4.78 is 1.99. The van der Waals surface area contributed by atoms with Gasteiger partial charge in [-0.25, -0.2) is 4.98 Å². The fraction of sp³-hybridized carbons (Fsp3) is 0.286. The number of likely N-dealkylation sites (tertiary alicyclic amines) is 1. The van der Waals surface area contributed by atoms with Crippen molar-refractivity contribution in [1.29, 1.82) is 0 Å². The summed E-state index contributed by atoms with van der Waals surface area (Å²) in [4.78, 5) is 34.2. The third-order valence-electron chi connectivity index (χ3n) is 4.94. The zero-order chi connectivity index (χ0) is 19.5. The van der Waals surface area contributed by atoms with E-state index in [-0.39, 0.29) is 17.4 Å². The number of ketones is 1. The minimum Gasteiger partial charge on any atom is -0.356 e. The van der Waals surface area contributed by atoms with Gasteiger partial charge in [-0.1, -0.05) is 30.0 Å². The molecule has 4 rings (SSSR count). The number of imidazole rings is 1. The second-order valence-electron chi connectivity index (χ2n) is 6.88. The summed E-state index contributed by atoms with van der Waals surface area (Å²) in [6, 6.07) is 9.73. The van der Waals surface area contributed by atoms with E-state index in [0.29, 0.717) is 11.3 Å². The zero-order valence-electron chi connectivity index (χ0n) is 15.7. The number of carbonyl (C=O) groups is 2. The lowest BCUT2D eigenvalue weighted by Crippen LogP contribution is -2.27. The molecule has 2 aromatic heterocycles. The predicted molar refractivity (Wildman–Crippen MR) is 109 cm³/mol. The Bertz CT molecular complexity index is 1000. The number of aryl methyl sites for hydroxylation is 1. The molecule has 6 nitrogen and oxygen atoms in total. The molecule has 144 valence electrons. The molecule has 1 aliphatic rings. The van der Waals surface area contributed by atoms with E-state index in [1.165, 1.54) is 11.8 Å². The molecule has 7 heteroatoms. The van der Waals surface area contributed by atoms with Crippen LogP contribution in [0.25, 0.3) is 5.69 Å². The highest BCUT2D eigenvalue weighted by molar-refractivity contribution is 7.99. The second kappa shape index (κ2) is 8.06. The molecule has 1 saturated heterocycles. The molecule has 1 amide bonds. The third-order valence-corrected chi connectivity index (χ3v) is 5.91. The van der Waals surface area contributed by atoms with Gasteiger partial charge in [0.25, 0.3) is 5.91 Å². The summed E-state index contributed by atoms with van der Waals surface area (Å²) >= 11 is 1.40. The molecule has 0 spiro atoms. The summed E-state index contributed by atoms with van der Waals surface area (Å²) in [6.45, 7) is 3.63. The second-order valence-corrected chi connectivity index (χ2v) is 7.82. The van der Waals surface area contributed by atoms with E-state index >= 15 is 0 Å². The Kier molecular flexibility index (Phi) is 5.34. The standard InChI is InChI=1S/C21H22N4O2S/c1-15-6-2-3-7-18(15)25-11-8-22-21(25)28-14-19(26)16-12-17(23-13-16)20(27)24-9-4-5-10-24/h2-3,6-8,11-13,23H,4-5,9-10,14H2,1H3. The number of nitrogens with zero attached hydrogens (tertiary/aromatic N) is 3. The molecular weight excluding hydrogens is 372 g/mol. The van der Waals surface area contributed by atoms with Gasteiger partial charge in [0.2, 0.25) is 0 Å². The fourth-order valence-corrected chi connectivity index (χ4v) is 4.26. The van der Waals surface area contributed by atoms with Gasteiger partial charge in [0.1, 0.15) is 5.69 Å². The Morgan fingerprint density at radius 3 is 2.79 bits per heavy atom. The molecule has 0 unspecified atom stereocenters. The molecule has 0 saturated carbocycles.